The number of carbonyl (C=O) groups is 1. The standard InChI is InChI=1S/C14H22O/c1-8(2)14-6-5-13(4)10(7-14)11(15)9(3)12(13)14/h8-10,12H,5-7H2,1-4H3/t9-,10+,12-,13+,14+/m1/s1. The third kappa shape index (κ3) is 0.819. The molecule has 0 N–H and O–H groups in total. The van der Waals surface area contributed by atoms with Crippen molar-refractivity contribution in [3.05, 3.63) is 0 Å². The van der Waals surface area contributed by atoms with Crippen LogP contribution < -0.4 is 0 Å². The number of carbonyl (C=O) groups excluding carboxylic acids is 1. The van der Waals surface area contributed by atoms with E-state index in [-0.39, 0.29) is 0 Å². The second-order valence-corrected chi connectivity index (χ2v) is 6.82. The Kier molecular flexibility index (Phi) is 1.64. The van der Waals surface area contributed by atoms with Gasteiger partial charge in [0.05, 0.1) is 0 Å². The van der Waals surface area contributed by atoms with Crippen LogP contribution in [-0.4, -0.2) is 5.78 Å². The van der Waals surface area contributed by atoms with Gasteiger partial charge in [-0.1, -0.05) is 27.7 Å². The summed E-state index contributed by atoms with van der Waals surface area (Å²) in [7, 11) is 0. The fourth-order valence-electron chi connectivity index (χ4n) is 5.56. The van der Waals surface area contributed by atoms with E-state index in [1.165, 1.54) is 19.3 Å². The highest BCUT2D eigenvalue weighted by Gasteiger charge is 2.73. The van der Waals surface area contributed by atoms with Crippen LogP contribution in [0.15, 0.2) is 0 Å². The van der Waals surface area contributed by atoms with E-state index < -0.39 is 0 Å². The Labute approximate surface area is 92.6 Å². The van der Waals surface area contributed by atoms with Gasteiger partial charge in [-0.05, 0) is 41.9 Å². The Balaban J connectivity index is 2.11. The van der Waals surface area contributed by atoms with Crippen molar-refractivity contribution >= 4 is 5.78 Å². The normalized spacial score (nSPS) is 57.1. The average Bonchev–Trinajstić information content (AvgIpc) is 2.67. The first-order valence-corrected chi connectivity index (χ1v) is 6.47. The summed E-state index contributed by atoms with van der Waals surface area (Å²) in [4.78, 5) is 12.1. The Morgan fingerprint density at radius 1 is 1.33 bits per heavy atom. The van der Waals surface area contributed by atoms with Gasteiger partial charge < -0.3 is 0 Å². The van der Waals surface area contributed by atoms with Gasteiger partial charge in [0.2, 0.25) is 0 Å². The number of hydrogen-bond donors (Lipinski definition) is 0. The molecule has 0 unspecified atom stereocenters. The van der Waals surface area contributed by atoms with Crippen LogP contribution in [0.3, 0.4) is 0 Å². The van der Waals surface area contributed by atoms with E-state index in [1.54, 1.807) is 0 Å². The van der Waals surface area contributed by atoms with Gasteiger partial charge in [-0.25, -0.2) is 0 Å². The van der Waals surface area contributed by atoms with Gasteiger partial charge in [0.25, 0.3) is 0 Å². The lowest BCUT2D eigenvalue weighted by Gasteiger charge is -2.41. The van der Waals surface area contributed by atoms with Gasteiger partial charge >= 0.3 is 0 Å². The molecular formula is C14H22O. The van der Waals surface area contributed by atoms with Crippen LogP contribution in [0.1, 0.15) is 47.0 Å². The Morgan fingerprint density at radius 2 is 2.00 bits per heavy atom. The van der Waals surface area contributed by atoms with E-state index in [1.807, 2.05) is 0 Å². The molecule has 0 aromatic carbocycles. The molecule has 1 nitrogen and oxygen atoms in total. The lowest BCUT2D eigenvalue weighted by atomic mass is 9.62. The fourth-order valence-corrected chi connectivity index (χ4v) is 5.56. The van der Waals surface area contributed by atoms with E-state index in [0.717, 1.165) is 5.92 Å². The maximum Gasteiger partial charge on any atom is 0.139 e. The van der Waals surface area contributed by atoms with E-state index in [4.69, 9.17) is 0 Å². The second kappa shape index (κ2) is 2.49. The lowest BCUT2D eigenvalue weighted by molar-refractivity contribution is -0.130. The Bertz CT molecular complexity index is 332. The smallest absolute Gasteiger partial charge is 0.139 e. The number of ketones is 1. The molecule has 0 aromatic heterocycles. The molecule has 0 amide bonds. The summed E-state index contributed by atoms with van der Waals surface area (Å²) in [5.74, 6) is 2.79. The molecular weight excluding hydrogens is 184 g/mol. The van der Waals surface area contributed by atoms with E-state index >= 15 is 0 Å². The largest absolute Gasteiger partial charge is 0.299 e. The Morgan fingerprint density at radius 3 is 2.53 bits per heavy atom. The van der Waals surface area contributed by atoms with Crippen LogP contribution in [0.5, 0.6) is 0 Å². The van der Waals surface area contributed by atoms with Crippen molar-refractivity contribution in [3.8, 4) is 0 Å². The fraction of sp³-hybridized carbons (Fsp3) is 0.929. The van der Waals surface area contributed by atoms with Crippen LogP contribution >= 0.6 is 0 Å². The molecule has 0 aliphatic heterocycles. The molecule has 5 atom stereocenters. The molecule has 0 heterocycles. The highest BCUT2D eigenvalue weighted by atomic mass is 16.1. The molecule has 3 aliphatic rings. The predicted molar refractivity (Wildman–Crippen MR) is 60.4 cm³/mol. The molecule has 0 radical (unpaired) electrons. The Hall–Kier alpha value is -0.330. The van der Waals surface area contributed by atoms with Gasteiger partial charge in [0, 0.05) is 11.8 Å². The quantitative estimate of drug-likeness (QED) is 0.643. The van der Waals surface area contributed by atoms with Crippen molar-refractivity contribution in [2.24, 2.45) is 34.5 Å². The predicted octanol–water partition coefficient (Wildman–Crippen LogP) is 3.28. The van der Waals surface area contributed by atoms with E-state index in [2.05, 4.69) is 27.7 Å². The van der Waals surface area contributed by atoms with Crippen molar-refractivity contribution in [2.45, 2.75) is 47.0 Å². The highest BCUT2D eigenvalue weighted by molar-refractivity contribution is 5.88. The van der Waals surface area contributed by atoms with Gasteiger partial charge in [-0.3, -0.25) is 4.79 Å². The summed E-state index contributed by atoms with van der Waals surface area (Å²) in [6.07, 6.45) is 3.88. The van der Waals surface area contributed by atoms with Crippen LogP contribution in [0, 0.1) is 34.5 Å². The third-order valence-corrected chi connectivity index (χ3v) is 6.28. The molecule has 3 rings (SSSR count). The lowest BCUT2D eigenvalue weighted by Crippen LogP contribution is -2.39. The zero-order chi connectivity index (χ0) is 11.0. The van der Waals surface area contributed by atoms with Crippen LogP contribution in [-0.2, 0) is 4.79 Å². The molecule has 0 spiro atoms. The van der Waals surface area contributed by atoms with Gasteiger partial charge in [-0.2, -0.15) is 0 Å². The molecule has 84 valence electrons. The van der Waals surface area contributed by atoms with Crippen LogP contribution in [0.2, 0.25) is 0 Å². The minimum absolute atomic E-state index is 0.346. The molecule has 3 aliphatic carbocycles. The second-order valence-electron chi connectivity index (χ2n) is 6.82. The first kappa shape index (κ1) is 9.86. The molecule has 3 fully saturated rings. The zero-order valence-electron chi connectivity index (χ0n) is 10.3. The van der Waals surface area contributed by atoms with Crippen molar-refractivity contribution in [1.82, 2.24) is 0 Å². The first-order chi connectivity index (χ1) is 6.93. The van der Waals surface area contributed by atoms with Gasteiger partial charge in [0.15, 0.2) is 0 Å². The molecule has 0 saturated heterocycles. The molecule has 4 bridgehead atoms. The molecule has 1 heteroatoms. The number of Topliss-reactive ketones (excluding diaryl/α,β-unsaturated/α-hetero) is 1. The number of rotatable bonds is 1. The SMILES string of the molecule is CC(C)[C@]12CC[C@@]3(C)[C@@H](C1)C(=O)[C@@H](C)[C@@H]23. The van der Waals surface area contributed by atoms with Gasteiger partial charge in [-0.15, -0.1) is 0 Å². The zero-order valence-corrected chi connectivity index (χ0v) is 10.3. The molecule has 0 aromatic rings. The monoisotopic (exact) mass is 206 g/mol. The minimum atomic E-state index is 0.346. The van der Waals surface area contributed by atoms with Gasteiger partial charge in [0.1, 0.15) is 5.78 Å². The summed E-state index contributed by atoms with van der Waals surface area (Å²) in [6, 6.07) is 0. The maximum absolute atomic E-state index is 12.1. The summed E-state index contributed by atoms with van der Waals surface area (Å²) >= 11 is 0. The van der Waals surface area contributed by atoms with Crippen molar-refractivity contribution < 1.29 is 4.79 Å². The number of hydrogen-bond acceptors (Lipinski definition) is 1. The molecule has 3 saturated carbocycles. The average molecular weight is 206 g/mol. The first-order valence-electron chi connectivity index (χ1n) is 6.47. The summed E-state index contributed by atoms with van der Waals surface area (Å²) < 4.78 is 0. The van der Waals surface area contributed by atoms with Crippen molar-refractivity contribution in [1.29, 1.82) is 0 Å². The summed E-state index contributed by atoms with van der Waals surface area (Å²) in [5.41, 5.74) is 0.896. The topological polar surface area (TPSA) is 17.1 Å². The van der Waals surface area contributed by atoms with Crippen molar-refractivity contribution in [2.75, 3.05) is 0 Å². The summed E-state index contributed by atoms with van der Waals surface area (Å²) in [6.45, 7) is 9.31. The van der Waals surface area contributed by atoms with Crippen molar-refractivity contribution in [3.63, 3.8) is 0 Å². The summed E-state index contributed by atoms with van der Waals surface area (Å²) in [5, 5.41) is 0. The van der Waals surface area contributed by atoms with E-state index in [9.17, 15) is 4.79 Å². The maximum atomic E-state index is 12.1. The highest BCUT2D eigenvalue weighted by Crippen LogP contribution is 2.76. The van der Waals surface area contributed by atoms with Crippen LogP contribution in [0.4, 0.5) is 0 Å². The minimum Gasteiger partial charge on any atom is -0.299 e. The van der Waals surface area contributed by atoms with Crippen LogP contribution in [0.25, 0.3) is 0 Å². The van der Waals surface area contributed by atoms with E-state index in [0.29, 0.717) is 34.4 Å². The molecule has 15 heavy (non-hydrogen) atoms. The third-order valence-electron chi connectivity index (χ3n) is 6.28.